The van der Waals surface area contributed by atoms with Crippen molar-refractivity contribution >= 4 is 22.4 Å². The second-order valence-electron chi connectivity index (χ2n) is 5.48. The molecule has 24 heavy (non-hydrogen) atoms. The molecule has 0 saturated carbocycles. The Balaban J connectivity index is 1.51. The summed E-state index contributed by atoms with van der Waals surface area (Å²) in [5.74, 6) is 0.912. The predicted octanol–water partition coefficient (Wildman–Crippen LogP) is 1.55. The van der Waals surface area contributed by atoms with Crippen LogP contribution in [0.5, 0.6) is 11.8 Å². The van der Waals surface area contributed by atoms with Gasteiger partial charge in [-0.1, -0.05) is 0 Å². The minimum Gasteiger partial charge on any atom is -0.481 e. The predicted molar refractivity (Wildman–Crippen MR) is 89.3 cm³/mol. The molecule has 1 fully saturated rings. The van der Waals surface area contributed by atoms with Crippen molar-refractivity contribution in [1.82, 2.24) is 19.9 Å². The average molecular weight is 349 g/mol. The number of methoxy groups -OCH3 is 1. The monoisotopic (exact) mass is 349 g/mol. The molecule has 1 unspecified atom stereocenters. The van der Waals surface area contributed by atoms with E-state index in [1.165, 1.54) is 24.6 Å². The lowest BCUT2D eigenvalue weighted by atomic mass is 10.3. The van der Waals surface area contributed by atoms with Crippen LogP contribution < -0.4 is 14.8 Å². The number of hydrogen-bond acceptors (Lipinski definition) is 8. The van der Waals surface area contributed by atoms with E-state index in [-0.39, 0.29) is 12.0 Å². The van der Waals surface area contributed by atoms with E-state index < -0.39 is 0 Å². The van der Waals surface area contributed by atoms with Gasteiger partial charge in [0.2, 0.25) is 17.7 Å². The summed E-state index contributed by atoms with van der Waals surface area (Å²) in [4.78, 5) is 26.7. The standard InChI is InChI=1S/C15H19N5O3S/c1-10(21)19-15-16-6-12(24-15)8-20-4-3-11(7-20)23-14-5-13(22-2)17-9-18-14/h5-6,9,11H,3-4,7-8H2,1-2H3,(H,16,19,21). The van der Waals surface area contributed by atoms with Crippen molar-refractivity contribution in [3.63, 3.8) is 0 Å². The van der Waals surface area contributed by atoms with Crippen molar-refractivity contribution in [2.24, 2.45) is 0 Å². The summed E-state index contributed by atoms with van der Waals surface area (Å²) < 4.78 is 11.0. The minimum atomic E-state index is -0.106. The number of anilines is 1. The van der Waals surface area contributed by atoms with Crippen molar-refractivity contribution in [3.05, 3.63) is 23.5 Å². The summed E-state index contributed by atoms with van der Waals surface area (Å²) in [7, 11) is 1.56. The van der Waals surface area contributed by atoms with E-state index >= 15 is 0 Å². The lowest BCUT2D eigenvalue weighted by molar-refractivity contribution is -0.114. The molecule has 0 aliphatic carbocycles. The molecular formula is C15H19N5O3S. The van der Waals surface area contributed by atoms with Gasteiger partial charge in [0.05, 0.1) is 13.2 Å². The molecule has 0 aromatic carbocycles. The molecule has 0 radical (unpaired) electrons. The van der Waals surface area contributed by atoms with Crippen molar-refractivity contribution < 1.29 is 14.3 Å². The first-order valence-electron chi connectivity index (χ1n) is 7.59. The second-order valence-corrected chi connectivity index (χ2v) is 6.59. The quantitative estimate of drug-likeness (QED) is 0.846. The Morgan fingerprint density at radius 2 is 2.25 bits per heavy atom. The van der Waals surface area contributed by atoms with Gasteiger partial charge in [-0.25, -0.2) is 15.0 Å². The Hall–Kier alpha value is -2.26. The van der Waals surface area contributed by atoms with Crippen LogP contribution in [0.1, 0.15) is 18.2 Å². The van der Waals surface area contributed by atoms with Gasteiger partial charge >= 0.3 is 0 Å². The number of rotatable bonds is 6. The highest BCUT2D eigenvalue weighted by Gasteiger charge is 2.25. The molecule has 1 aliphatic heterocycles. The zero-order chi connectivity index (χ0) is 16.9. The second kappa shape index (κ2) is 7.54. The van der Waals surface area contributed by atoms with Gasteiger partial charge in [-0.05, 0) is 6.42 Å². The molecule has 0 spiro atoms. The summed E-state index contributed by atoms with van der Waals surface area (Å²) in [6.45, 7) is 4.04. The van der Waals surface area contributed by atoms with Crippen molar-refractivity contribution in [1.29, 1.82) is 0 Å². The number of aromatic nitrogens is 3. The number of likely N-dealkylation sites (tertiary alicyclic amines) is 1. The van der Waals surface area contributed by atoms with Gasteiger partial charge in [0.15, 0.2) is 5.13 Å². The molecule has 8 nitrogen and oxygen atoms in total. The molecule has 3 rings (SSSR count). The fourth-order valence-electron chi connectivity index (χ4n) is 2.52. The Morgan fingerprint density at radius 3 is 3.04 bits per heavy atom. The smallest absolute Gasteiger partial charge is 0.223 e. The Labute approximate surface area is 143 Å². The van der Waals surface area contributed by atoms with Crippen LogP contribution >= 0.6 is 11.3 Å². The fourth-order valence-corrected chi connectivity index (χ4v) is 3.42. The molecule has 128 valence electrons. The minimum absolute atomic E-state index is 0.0901. The summed E-state index contributed by atoms with van der Waals surface area (Å²) in [5.41, 5.74) is 0. The normalized spacial score (nSPS) is 17.7. The number of carbonyl (C=O) groups excluding carboxylic acids is 1. The first-order chi connectivity index (χ1) is 11.6. The van der Waals surface area contributed by atoms with Gasteiger partial charge < -0.3 is 14.8 Å². The fraction of sp³-hybridized carbons (Fsp3) is 0.467. The van der Waals surface area contributed by atoms with Crippen molar-refractivity contribution in [2.45, 2.75) is 26.0 Å². The maximum absolute atomic E-state index is 11.0. The Bertz CT molecular complexity index is 708. The molecule has 1 N–H and O–H groups in total. The molecule has 1 amide bonds. The van der Waals surface area contributed by atoms with Crippen LogP contribution in [0.15, 0.2) is 18.6 Å². The highest BCUT2D eigenvalue weighted by atomic mass is 32.1. The van der Waals surface area contributed by atoms with E-state index in [1.54, 1.807) is 19.4 Å². The summed E-state index contributed by atoms with van der Waals surface area (Å²) in [5, 5.41) is 3.34. The number of nitrogens with zero attached hydrogens (tertiary/aromatic N) is 4. The van der Waals surface area contributed by atoms with Crippen LogP contribution in [0.4, 0.5) is 5.13 Å². The number of hydrogen-bond donors (Lipinski definition) is 1. The SMILES string of the molecule is COc1cc(OC2CCN(Cc3cnc(NC(C)=O)s3)C2)ncn1. The molecule has 1 aliphatic rings. The van der Waals surface area contributed by atoms with Gasteiger partial charge in [-0.15, -0.1) is 11.3 Å². The largest absolute Gasteiger partial charge is 0.481 e. The molecule has 2 aromatic heterocycles. The van der Waals surface area contributed by atoms with Crippen LogP contribution in [-0.4, -0.2) is 52.1 Å². The number of nitrogens with one attached hydrogen (secondary N) is 1. The molecule has 9 heteroatoms. The summed E-state index contributed by atoms with van der Waals surface area (Å²) >= 11 is 1.50. The van der Waals surface area contributed by atoms with Crippen LogP contribution in [0.25, 0.3) is 0 Å². The third kappa shape index (κ3) is 4.39. The van der Waals surface area contributed by atoms with Gasteiger partial charge in [0, 0.05) is 37.6 Å². The first kappa shape index (κ1) is 16.6. The highest BCUT2D eigenvalue weighted by molar-refractivity contribution is 7.15. The maximum atomic E-state index is 11.0. The van der Waals surface area contributed by atoms with Crippen LogP contribution in [0.2, 0.25) is 0 Å². The number of ether oxygens (including phenoxy) is 2. The molecule has 2 aromatic rings. The first-order valence-corrected chi connectivity index (χ1v) is 8.41. The van der Waals surface area contributed by atoms with E-state index in [0.717, 1.165) is 30.9 Å². The molecule has 0 bridgehead atoms. The molecule has 1 saturated heterocycles. The van der Waals surface area contributed by atoms with E-state index in [1.807, 2.05) is 0 Å². The number of thiazole rings is 1. The Kier molecular flexibility index (Phi) is 5.21. The van der Waals surface area contributed by atoms with Gasteiger partial charge in [-0.3, -0.25) is 9.69 Å². The van der Waals surface area contributed by atoms with Crippen LogP contribution in [0, 0.1) is 0 Å². The van der Waals surface area contributed by atoms with Gasteiger partial charge in [-0.2, -0.15) is 0 Å². The maximum Gasteiger partial charge on any atom is 0.223 e. The highest BCUT2D eigenvalue weighted by Crippen LogP contribution is 2.23. The summed E-state index contributed by atoms with van der Waals surface area (Å²) in [6.07, 6.45) is 4.26. The van der Waals surface area contributed by atoms with E-state index in [0.29, 0.717) is 16.9 Å². The van der Waals surface area contributed by atoms with Crippen molar-refractivity contribution in [3.8, 4) is 11.8 Å². The van der Waals surface area contributed by atoms with E-state index in [4.69, 9.17) is 9.47 Å². The van der Waals surface area contributed by atoms with Crippen LogP contribution in [0.3, 0.4) is 0 Å². The molecule has 1 atom stereocenters. The zero-order valence-electron chi connectivity index (χ0n) is 13.6. The van der Waals surface area contributed by atoms with Crippen LogP contribution in [-0.2, 0) is 11.3 Å². The van der Waals surface area contributed by atoms with Crippen molar-refractivity contribution in [2.75, 3.05) is 25.5 Å². The average Bonchev–Trinajstić information content (AvgIpc) is 3.17. The topological polar surface area (TPSA) is 89.5 Å². The molecular weight excluding hydrogens is 330 g/mol. The molecule has 3 heterocycles. The zero-order valence-corrected chi connectivity index (χ0v) is 14.4. The van der Waals surface area contributed by atoms with E-state index in [9.17, 15) is 4.79 Å². The number of amides is 1. The van der Waals surface area contributed by atoms with Gasteiger partial charge in [0.25, 0.3) is 0 Å². The third-order valence-electron chi connectivity index (χ3n) is 3.56. The summed E-state index contributed by atoms with van der Waals surface area (Å²) in [6, 6.07) is 1.69. The van der Waals surface area contributed by atoms with E-state index in [2.05, 4.69) is 25.2 Å². The lowest BCUT2D eigenvalue weighted by Crippen LogP contribution is -2.24. The number of carbonyl (C=O) groups is 1. The Morgan fingerprint density at radius 1 is 1.42 bits per heavy atom. The van der Waals surface area contributed by atoms with Gasteiger partial charge in [0.1, 0.15) is 12.4 Å². The lowest BCUT2D eigenvalue weighted by Gasteiger charge is -2.15. The third-order valence-corrected chi connectivity index (χ3v) is 4.46.